The molecule has 0 aromatic heterocycles. The molecule has 0 radical (unpaired) electrons. The highest BCUT2D eigenvalue weighted by Gasteiger charge is 2.48. The summed E-state index contributed by atoms with van der Waals surface area (Å²) in [6.45, 7) is 4.26. The minimum atomic E-state index is -4.12. The fraction of sp³-hybridized carbons (Fsp3) is 0.630. The van der Waals surface area contributed by atoms with Gasteiger partial charge in [0.25, 0.3) is 5.91 Å². The van der Waals surface area contributed by atoms with E-state index in [4.69, 9.17) is 4.99 Å². The van der Waals surface area contributed by atoms with Gasteiger partial charge in [-0.2, -0.15) is 17.5 Å². The minimum absolute atomic E-state index is 0.0333. The second-order valence-corrected chi connectivity index (χ2v) is 12.7. The van der Waals surface area contributed by atoms with Crippen molar-refractivity contribution in [3.63, 3.8) is 0 Å². The van der Waals surface area contributed by atoms with Gasteiger partial charge in [-0.05, 0) is 99.6 Å². The van der Waals surface area contributed by atoms with E-state index < -0.39 is 28.2 Å². The first kappa shape index (κ1) is 28.6. The van der Waals surface area contributed by atoms with Crippen LogP contribution in [-0.2, 0) is 14.8 Å². The highest BCUT2D eigenvalue weighted by molar-refractivity contribution is 7.92. The average Bonchev–Trinajstić information content (AvgIpc) is 3.17. The summed E-state index contributed by atoms with van der Waals surface area (Å²) in [6, 6.07) is 3.93. The second kappa shape index (κ2) is 11.0. The van der Waals surface area contributed by atoms with E-state index in [1.54, 1.807) is 6.08 Å². The van der Waals surface area contributed by atoms with Gasteiger partial charge in [0.1, 0.15) is 11.4 Å². The van der Waals surface area contributed by atoms with Gasteiger partial charge in [0.15, 0.2) is 0 Å². The summed E-state index contributed by atoms with van der Waals surface area (Å²) in [5, 5.41) is 7.25. The number of amidine groups is 1. The van der Waals surface area contributed by atoms with E-state index in [2.05, 4.69) is 10.6 Å². The van der Waals surface area contributed by atoms with Crippen molar-refractivity contribution in [3.05, 3.63) is 34.2 Å². The fourth-order valence-electron chi connectivity index (χ4n) is 5.90. The van der Waals surface area contributed by atoms with Gasteiger partial charge in [0, 0.05) is 43.6 Å². The fourth-order valence-corrected chi connectivity index (χ4v) is 7.07. The number of nitrogens with one attached hydrogen (secondary N) is 2. The van der Waals surface area contributed by atoms with Crippen molar-refractivity contribution < 1.29 is 26.4 Å². The number of carbonyl (C=O) groups is 1. The Morgan fingerprint density at radius 3 is 2.29 bits per heavy atom. The molecule has 1 spiro atoms. The van der Waals surface area contributed by atoms with Crippen molar-refractivity contribution in [1.82, 2.24) is 9.62 Å². The number of aryl methyl sites for hydroxylation is 2. The number of benzene rings is 1. The Morgan fingerprint density at radius 2 is 1.74 bits per heavy atom. The molecule has 7 nitrogen and oxygen atoms in total. The lowest BCUT2D eigenvalue weighted by atomic mass is 9.79. The number of carbonyl (C=O) groups excluding carboxylic acids is 1. The van der Waals surface area contributed by atoms with Crippen LogP contribution in [0, 0.1) is 25.7 Å². The van der Waals surface area contributed by atoms with Crippen LogP contribution in [0.5, 0.6) is 0 Å². The van der Waals surface area contributed by atoms with E-state index in [1.165, 1.54) is 9.71 Å². The van der Waals surface area contributed by atoms with E-state index in [9.17, 15) is 26.4 Å². The van der Waals surface area contributed by atoms with Crippen molar-refractivity contribution >= 4 is 33.5 Å². The molecule has 1 saturated carbocycles. The Balaban J connectivity index is 1.36. The van der Waals surface area contributed by atoms with Crippen LogP contribution in [0.2, 0.25) is 0 Å². The number of nitrogens with zero attached hydrogens (tertiary/aromatic N) is 2. The summed E-state index contributed by atoms with van der Waals surface area (Å²) in [7, 11) is -1.84. The molecule has 2 heterocycles. The summed E-state index contributed by atoms with van der Waals surface area (Å²) in [6.07, 6.45) is 0.297. The zero-order valence-corrected chi connectivity index (χ0v) is 23.0. The number of amides is 1. The standard InChI is InChI=1S/C27H37F3N4O3S/c1-18-16-22(31-3)17-19(2)23(18)9-15-38(36,37)34-13-11-26(12-14-34)25(35)32-24(33-26)21-6-4-20(5-7-21)8-10-27(28,29)30/h9,15-17,20-21,31H,4-8,10-14H2,1-3H3,(H,32,33,35)/b15-9+. The number of anilines is 1. The van der Waals surface area contributed by atoms with Crippen LogP contribution < -0.4 is 10.6 Å². The Kier molecular flexibility index (Phi) is 8.28. The van der Waals surface area contributed by atoms with E-state index in [0.717, 1.165) is 22.4 Å². The van der Waals surface area contributed by atoms with Crippen LogP contribution in [0.4, 0.5) is 18.9 Å². The molecular formula is C27H37F3N4O3S. The third kappa shape index (κ3) is 6.42. The van der Waals surface area contributed by atoms with Gasteiger partial charge >= 0.3 is 6.18 Å². The molecule has 2 fully saturated rings. The highest BCUT2D eigenvalue weighted by Crippen LogP contribution is 2.38. The Hall–Kier alpha value is -2.40. The molecule has 1 saturated heterocycles. The van der Waals surface area contributed by atoms with Gasteiger partial charge in [-0.3, -0.25) is 9.79 Å². The summed E-state index contributed by atoms with van der Waals surface area (Å²) < 4.78 is 65.2. The van der Waals surface area contributed by atoms with Crippen molar-refractivity contribution in [3.8, 4) is 0 Å². The molecule has 0 atom stereocenters. The molecule has 0 unspecified atom stereocenters. The van der Waals surface area contributed by atoms with Gasteiger partial charge in [0.05, 0.1) is 0 Å². The van der Waals surface area contributed by atoms with Gasteiger partial charge in [0.2, 0.25) is 10.0 Å². The number of alkyl halides is 3. The summed E-state index contributed by atoms with van der Waals surface area (Å²) in [5.74, 6) is 0.507. The van der Waals surface area contributed by atoms with Crippen LogP contribution in [0.25, 0.3) is 6.08 Å². The maximum Gasteiger partial charge on any atom is 0.389 e. The lowest BCUT2D eigenvalue weighted by molar-refractivity contribution is -0.138. The van der Waals surface area contributed by atoms with Gasteiger partial charge in [-0.15, -0.1) is 0 Å². The van der Waals surface area contributed by atoms with Crippen LogP contribution >= 0.6 is 0 Å². The molecule has 1 aliphatic carbocycles. The first-order valence-electron chi connectivity index (χ1n) is 13.3. The van der Waals surface area contributed by atoms with Crippen LogP contribution in [0.3, 0.4) is 0 Å². The Bertz CT molecular complexity index is 1190. The number of aliphatic imine (C=N–C) groups is 1. The number of hydrogen-bond acceptors (Lipinski definition) is 5. The summed E-state index contributed by atoms with van der Waals surface area (Å²) in [5.41, 5.74) is 2.80. The first-order valence-corrected chi connectivity index (χ1v) is 14.8. The number of hydrogen-bond donors (Lipinski definition) is 2. The van der Waals surface area contributed by atoms with Gasteiger partial charge in [-0.1, -0.05) is 0 Å². The van der Waals surface area contributed by atoms with Crippen LogP contribution in [0.15, 0.2) is 22.5 Å². The van der Waals surface area contributed by atoms with Crippen LogP contribution in [-0.4, -0.2) is 56.3 Å². The number of sulfonamides is 1. The molecule has 38 heavy (non-hydrogen) atoms. The van der Waals surface area contributed by atoms with E-state index in [0.29, 0.717) is 44.4 Å². The Morgan fingerprint density at radius 1 is 1.13 bits per heavy atom. The molecule has 1 aromatic rings. The molecule has 11 heteroatoms. The smallest absolute Gasteiger partial charge is 0.388 e. The molecular weight excluding hydrogens is 517 g/mol. The molecule has 1 aromatic carbocycles. The molecule has 1 amide bonds. The maximum atomic E-state index is 13.1. The SMILES string of the molecule is CNc1cc(C)c(/C=C/S(=O)(=O)N2CCC3(CC2)N=C(C2CCC(CCC(F)(F)F)CC2)NC3=O)c(C)c1. The number of rotatable bonds is 7. The summed E-state index contributed by atoms with van der Waals surface area (Å²) >= 11 is 0. The summed E-state index contributed by atoms with van der Waals surface area (Å²) in [4.78, 5) is 17.7. The minimum Gasteiger partial charge on any atom is -0.388 e. The highest BCUT2D eigenvalue weighted by atomic mass is 32.2. The van der Waals surface area contributed by atoms with Crippen molar-refractivity contribution in [2.75, 3.05) is 25.5 Å². The van der Waals surface area contributed by atoms with E-state index >= 15 is 0 Å². The second-order valence-electron chi connectivity index (χ2n) is 10.9. The van der Waals surface area contributed by atoms with Crippen molar-refractivity contribution in [2.45, 2.75) is 76.9 Å². The molecule has 4 rings (SSSR count). The maximum absolute atomic E-state index is 13.1. The first-order chi connectivity index (χ1) is 17.8. The van der Waals surface area contributed by atoms with Crippen molar-refractivity contribution in [1.29, 1.82) is 0 Å². The van der Waals surface area contributed by atoms with E-state index in [1.807, 2.05) is 33.0 Å². The molecule has 3 aliphatic rings. The normalized spacial score (nSPS) is 24.6. The predicted molar refractivity (Wildman–Crippen MR) is 143 cm³/mol. The molecule has 2 N–H and O–H groups in total. The lowest BCUT2D eigenvalue weighted by Crippen LogP contribution is -2.50. The molecule has 0 bridgehead atoms. The largest absolute Gasteiger partial charge is 0.389 e. The average molecular weight is 555 g/mol. The number of halogens is 3. The zero-order valence-electron chi connectivity index (χ0n) is 22.2. The lowest BCUT2D eigenvalue weighted by Gasteiger charge is -2.34. The van der Waals surface area contributed by atoms with Gasteiger partial charge < -0.3 is 10.6 Å². The Labute approximate surface area is 223 Å². The molecule has 2 aliphatic heterocycles. The quantitative estimate of drug-likeness (QED) is 0.487. The number of piperidine rings is 1. The van der Waals surface area contributed by atoms with Crippen LogP contribution in [0.1, 0.15) is 68.1 Å². The zero-order chi connectivity index (χ0) is 27.7. The third-order valence-corrected chi connectivity index (χ3v) is 9.83. The van der Waals surface area contributed by atoms with Crippen molar-refractivity contribution in [2.24, 2.45) is 16.8 Å². The molecule has 210 valence electrons. The monoisotopic (exact) mass is 554 g/mol. The topological polar surface area (TPSA) is 90.9 Å². The third-order valence-electron chi connectivity index (χ3n) is 8.27. The predicted octanol–water partition coefficient (Wildman–Crippen LogP) is 5.16. The van der Waals surface area contributed by atoms with E-state index in [-0.39, 0.29) is 37.3 Å². The van der Waals surface area contributed by atoms with Gasteiger partial charge in [-0.25, -0.2) is 8.42 Å².